The van der Waals surface area contributed by atoms with E-state index in [2.05, 4.69) is 26.1 Å². The zero-order valence-corrected chi connectivity index (χ0v) is 13.4. The van der Waals surface area contributed by atoms with Crippen LogP contribution in [0.5, 0.6) is 0 Å². The largest absolute Gasteiger partial charge is 0.379 e. The van der Waals surface area contributed by atoms with Crippen LogP contribution in [0.15, 0.2) is 0 Å². The van der Waals surface area contributed by atoms with Crippen molar-refractivity contribution < 1.29 is 9.53 Å². The van der Waals surface area contributed by atoms with Crippen molar-refractivity contribution in [3.63, 3.8) is 0 Å². The van der Waals surface area contributed by atoms with Gasteiger partial charge in [-0.3, -0.25) is 4.79 Å². The predicted molar refractivity (Wildman–Crippen MR) is 80.6 cm³/mol. The van der Waals surface area contributed by atoms with E-state index in [4.69, 9.17) is 4.74 Å². The highest BCUT2D eigenvalue weighted by Gasteiger charge is 2.38. The van der Waals surface area contributed by atoms with Gasteiger partial charge in [0.1, 0.15) is 0 Å². The molecule has 2 atom stereocenters. The number of nitrogens with one attached hydrogen (secondary N) is 1. The molecule has 1 aliphatic carbocycles. The third-order valence-electron chi connectivity index (χ3n) is 5.07. The smallest absolute Gasteiger partial charge is 0.229 e. The van der Waals surface area contributed by atoms with E-state index in [1.807, 2.05) is 11.9 Å². The Hall–Kier alpha value is -0.610. The van der Waals surface area contributed by atoms with Crippen molar-refractivity contribution in [2.75, 3.05) is 26.8 Å². The second kappa shape index (κ2) is 6.44. The first-order valence-electron chi connectivity index (χ1n) is 8.02. The normalized spacial score (nSPS) is 30.4. The Bertz CT molecular complexity index is 333. The lowest BCUT2D eigenvalue weighted by atomic mass is 9.75. The minimum atomic E-state index is -0.00473. The summed E-state index contributed by atoms with van der Waals surface area (Å²) >= 11 is 0. The highest BCUT2D eigenvalue weighted by molar-refractivity contribution is 5.80. The lowest BCUT2D eigenvalue weighted by Gasteiger charge is -2.39. The molecule has 1 N–H and O–H groups in total. The molecule has 0 aromatic carbocycles. The van der Waals surface area contributed by atoms with Crippen LogP contribution in [-0.4, -0.2) is 49.7 Å². The number of likely N-dealkylation sites (N-methyl/N-ethyl adjacent to an activating group) is 1. The number of ether oxygens (including phenoxy) is 1. The summed E-state index contributed by atoms with van der Waals surface area (Å²) in [6.45, 7) is 8.86. The van der Waals surface area contributed by atoms with Crippen molar-refractivity contribution >= 4 is 5.91 Å². The van der Waals surface area contributed by atoms with Gasteiger partial charge in [0.15, 0.2) is 0 Å². The molecule has 0 bridgehead atoms. The molecule has 4 nitrogen and oxygen atoms in total. The first kappa shape index (κ1) is 15.8. The minimum Gasteiger partial charge on any atom is -0.379 e. The lowest BCUT2D eigenvalue weighted by Crippen LogP contribution is -2.48. The van der Waals surface area contributed by atoms with Gasteiger partial charge in [0.2, 0.25) is 5.91 Å². The SMILES string of the molecule is CCNC1COCC1C(=O)N(C)C1CCC(C)(C)CC1. The van der Waals surface area contributed by atoms with E-state index >= 15 is 0 Å². The molecule has 116 valence electrons. The summed E-state index contributed by atoms with van der Waals surface area (Å²) in [5.41, 5.74) is 0.448. The molecule has 2 fully saturated rings. The maximum atomic E-state index is 12.7. The summed E-state index contributed by atoms with van der Waals surface area (Å²) < 4.78 is 5.50. The molecule has 2 aliphatic rings. The monoisotopic (exact) mass is 282 g/mol. The number of nitrogens with zero attached hydrogens (tertiary/aromatic N) is 1. The van der Waals surface area contributed by atoms with E-state index in [1.165, 1.54) is 12.8 Å². The topological polar surface area (TPSA) is 41.6 Å². The van der Waals surface area contributed by atoms with Crippen molar-refractivity contribution in [1.29, 1.82) is 0 Å². The summed E-state index contributed by atoms with van der Waals surface area (Å²) in [6, 6.07) is 0.605. The molecule has 1 heterocycles. The van der Waals surface area contributed by atoms with Gasteiger partial charge in [-0.2, -0.15) is 0 Å². The molecule has 1 saturated carbocycles. The van der Waals surface area contributed by atoms with Crippen LogP contribution < -0.4 is 5.32 Å². The molecule has 0 aromatic rings. The Morgan fingerprint density at radius 3 is 2.55 bits per heavy atom. The third kappa shape index (κ3) is 3.53. The molecule has 1 aliphatic heterocycles. The third-order valence-corrected chi connectivity index (χ3v) is 5.07. The number of hydrogen-bond acceptors (Lipinski definition) is 3. The van der Waals surface area contributed by atoms with Crippen molar-refractivity contribution in [2.45, 2.75) is 58.5 Å². The second-order valence-corrected chi connectivity index (χ2v) is 7.15. The first-order chi connectivity index (χ1) is 9.44. The summed E-state index contributed by atoms with van der Waals surface area (Å²) in [7, 11) is 1.98. The highest BCUT2D eigenvalue weighted by Crippen LogP contribution is 2.37. The summed E-state index contributed by atoms with van der Waals surface area (Å²) in [6.07, 6.45) is 4.70. The highest BCUT2D eigenvalue weighted by atomic mass is 16.5. The average Bonchev–Trinajstić information content (AvgIpc) is 2.86. The molecule has 2 rings (SSSR count). The van der Waals surface area contributed by atoms with Crippen LogP contribution in [0.3, 0.4) is 0 Å². The maximum absolute atomic E-state index is 12.7. The fraction of sp³-hybridized carbons (Fsp3) is 0.938. The molecule has 4 heteroatoms. The van der Waals surface area contributed by atoms with Gasteiger partial charge in [-0.1, -0.05) is 20.8 Å². The predicted octanol–water partition coefficient (Wildman–Crippen LogP) is 2.04. The van der Waals surface area contributed by atoms with Crippen LogP contribution in [-0.2, 0) is 9.53 Å². The Kier molecular flexibility index (Phi) is 5.08. The summed E-state index contributed by atoms with van der Waals surface area (Å²) in [5.74, 6) is 0.257. The number of rotatable bonds is 4. The van der Waals surface area contributed by atoms with E-state index in [-0.39, 0.29) is 17.9 Å². The fourth-order valence-corrected chi connectivity index (χ4v) is 3.47. The number of carbonyl (C=O) groups is 1. The zero-order chi connectivity index (χ0) is 14.8. The van der Waals surface area contributed by atoms with E-state index in [9.17, 15) is 4.79 Å². The van der Waals surface area contributed by atoms with Crippen LogP contribution >= 0.6 is 0 Å². The Morgan fingerprint density at radius 2 is 1.95 bits per heavy atom. The quantitative estimate of drug-likeness (QED) is 0.858. The first-order valence-corrected chi connectivity index (χ1v) is 8.02. The summed E-state index contributed by atoms with van der Waals surface area (Å²) in [4.78, 5) is 14.7. The van der Waals surface area contributed by atoms with Crippen LogP contribution in [0.4, 0.5) is 0 Å². The van der Waals surface area contributed by atoms with Gasteiger partial charge < -0.3 is 15.0 Å². The molecule has 20 heavy (non-hydrogen) atoms. The van der Waals surface area contributed by atoms with E-state index in [0.717, 1.165) is 19.4 Å². The number of amides is 1. The van der Waals surface area contributed by atoms with Crippen molar-refractivity contribution in [1.82, 2.24) is 10.2 Å². The standard InChI is InChI=1S/C16H30N2O2/c1-5-17-14-11-20-10-13(14)15(19)18(4)12-6-8-16(2,3)9-7-12/h12-14,17H,5-11H2,1-4H3. The van der Waals surface area contributed by atoms with Crippen LogP contribution in [0.1, 0.15) is 46.5 Å². The van der Waals surface area contributed by atoms with Gasteiger partial charge in [-0.25, -0.2) is 0 Å². The van der Waals surface area contributed by atoms with E-state index in [0.29, 0.717) is 24.7 Å². The number of carbonyl (C=O) groups excluding carboxylic acids is 1. The van der Waals surface area contributed by atoms with Gasteiger partial charge >= 0.3 is 0 Å². The van der Waals surface area contributed by atoms with Crippen LogP contribution in [0, 0.1) is 11.3 Å². The van der Waals surface area contributed by atoms with Gasteiger partial charge in [0.05, 0.1) is 19.1 Å². The van der Waals surface area contributed by atoms with Crippen LogP contribution in [0.25, 0.3) is 0 Å². The minimum absolute atomic E-state index is 0.00473. The molecule has 0 aromatic heterocycles. The molecule has 1 saturated heterocycles. The molecule has 2 unspecified atom stereocenters. The Balaban J connectivity index is 1.91. The van der Waals surface area contributed by atoms with Crippen molar-refractivity contribution in [3.05, 3.63) is 0 Å². The van der Waals surface area contributed by atoms with Crippen LogP contribution in [0.2, 0.25) is 0 Å². The zero-order valence-electron chi connectivity index (χ0n) is 13.4. The maximum Gasteiger partial charge on any atom is 0.229 e. The molecule has 0 radical (unpaired) electrons. The second-order valence-electron chi connectivity index (χ2n) is 7.15. The van der Waals surface area contributed by atoms with E-state index < -0.39 is 0 Å². The van der Waals surface area contributed by atoms with Crippen molar-refractivity contribution in [3.8, 4) is 0 Å². The van der Waals surface area contributed by atoms with E-state index in [1.54, 1.807) is 0 Å². The van der Waals surface area contributed by atoms with Gasteiger partial charge in [0, 0.05) is 19.1 Å². The molecular formula is C16H30N2O2. The number of hydrogen-bond donors (Lipinski definition) is 1. The van der Waals surface area contributed by atoms with Gasteiger partial charge in [0.25, 0.3) is 0 Å². The van der Waals surface area contributed by atoms with Crippen molar-refractivity contribution in [2.24, 2.45) is 11.3 Å². The van der Waals surface area contributed by atoms with Gasteiger partial charge in [-0.15, -0.1) is 0 Å². The van der Waals surface area contributed by atoms with Gasteiger partial charge in [-0.05, 0) is 37.6 Å². The lowest BCUT2D eigenvalue weighted by molar-refractivity contribution is -0.137. The Labute approximate surface area is 123 Å². The summed E-state index contributed by atoms with van der Waals surface area (Å²) in [5, 5.41) is 3.37. The average molecular weight is 282 g/mol. The fourth-order valence-electron chi connectivity index (χ4n) is 3.47. The molecular weight excluding hydrogens is 252 g/mol. The molecule has 0 spiro atoms. The Morgan fingerprint density at radius 1 is 1.30 bits per heavy atom. The molecule has 1 amide bonds.